The van der Waals surface area contributed by atoms with Gasteiger partial charge in [-0.15, -0.1) is 11.3 Å². The van der Waals surface area contributed by atoms with Crippen molar-refractivity contribution < 1.29 is 0 Å². The predicted molar refractivity (Wildman–Crippen MR) is 75.4 cm³/mol. The number of aryl methyl sites for hydroxylation is 2. The Labute approximate surface area is 114 Å². The SMILES string of the molecule is Cc1cc(C)n(CCNCc2cc(Br)cs2)n1. The van der Waals surface area contributed by atoms with Gasteiger partial charge in [0.2, 0.25) is 0 Å². The Kier molecular flexibility index (Phi) is 4.36. The second-order valence-corrected chi connectivity index (χ2v) is 5.97. The normalized spacial score (nSPS) is 11.0. The fraction of sp³-hybridized carbons (Fsp3) is 0.417. The van der Waals surface area contributed by atoms with Crippen LogP contribution in [0.4, 0.5) is 0 Å². The summed E-state index contributed by atoms with van der Waals surface area (Å²) in [4.78, 5) is 1.35. The molecule has 17 heavy (non-hydrogen) atoms. The molecule has 0 atom stereocenters. The van der Waals surface area contributed by atoms with E-state index >= 15 is 0 Å². The molecule has 1 N–H and O–H groups in total. The van der Waals surface area contributed by atoms with E-state index < -0.39 is 0 Å². The van der Waals surface area contributed by atoms with Crippen LogP contribution in [-0.2, 0) is 13.1 Å². The molecule has 2 rings (SSSR count). The minimum absolute atomic E-state index is 0.923. The van der Waals surface area contributed by atoms with Crippen LogP contribution in [0.1, 0.15) is 16.3 Å². The average molecular weight is 314 g/mol. The molecule has 0 aliphatic heterocycles. The highest BCUT2D eigenvalue weighted by Crippen LogP contribution is 2.19. The third-order valence-corrected chi connectivity index (χ3v) is 4.22. The smallest absolute Gasteiger partial charge is 0.0596 e. The average Bonchev–Trinajstić information content (AvgIpc) is 2.81. The molecule has 5 heteroatoms. The molecule has 2 heterocycles. The van der Waals surface area contributed by atoms with Gasteiger partial charge in [0.25, 0.3) is 0 Å². The lowest BCUT2D eigenvalue weighted by atomic mass is 10.4. The molecule has 0 amide bonds. The third kappa shape index (κ3) is 3.66. The van der Waals surface area contributed by atoms with Crippen LogP contribution in [0, 0.1) is 13.8 Å². The first-order valence-corrected chi connectivity index (χ1v) is 7.27. The zero-order chi connectivity index (χ0) is 12.3. The quantitative estimate of drug-likeness (QED) is 0.860. The van der Waals surface area contributed by atoms with Crippen LogP contribution in [0.15, 0.2) is 22.0 Å². The number of aromatic nitrogens is 2. The molecule has 0 aromatic carbocycles. The topological polar surface area (TPSA) is 29.9 Å². The van der Waals surface area contributed by atoms with Gasteiger partial charge in [0.1, 0.15) is 0 Å². The van der Waals surface area contributed by atoms with Gasteiger partial charge in [-0.2, -0.15) is 5.10 Å². The van der Waals surface area contributed by atoms with E-state index in [-0.39, 0.29) is 0 Å². The summed E-state index contributed by atoms with van der Waals surface area (Å²) in [6.07, 6.45) is 0. The molecule has 2 aromatic rings. The standard InChI is InChI=1S/C12H16BrN3S/c1-9-5-10(2)16(15-9)4-3-14-7-12-6-11(13)8-17-12/h5-6,8,14H,3-4,7H2,1-2H3. The van der Waals surface area contributed by atoms with E-state index in [0.717, 1.165) is 29.8 Å². The van der Waals surface area contributed by atoms with Crippen molar-refractivity contribution in [3.63, 3.8) is 0 Å². The molecule has 0 aliphatic carbocycles. The van der Waals surface area contributed by atoms with E-state index in [9.17, 15) is 0 Å². The molecule has 0 spiro atoms. The molecule has 0 fully saturated rings. The van der Waals surface area contributed by atoms with E-state index in [1.807, 2.05) is 11.6 Å². The van der Waals surface area contributed by atoms with Gasteiger partial charge >= 0.3 is 0 Å². The first-order valence-electron chi connectivity index (χ1n) is 5.60. The molecular weight excluding hydrogens is 298 g/mol. The maximum absolute atomic E-state index is 4.43. The molecule has 0 aliphatic rings. The number of nitrogens with one attached hydrogen (secondary N) is 1. The van der Waals surface area contributed by atoms with Crippen LogP contribution < -0.4 is 5.32 Å². The Morgan fingerprint density at radius 2 is 2.24 bits per heavy atom. The summed E-state index contributed by atoms with van der Waals surface area (Å²) >= 11 is 5.23. The van der Waals surface area contributed by atoms with Crippen LogP contribution in [0.2, 0.25) is 0 Å². The molecule has 0 saturated carbocycles. The second kappa shape index (κ2) is 5.80. The Bertz CT molecular complexity index is 490. The summed E-state index contributed by atoms with van der Waals surface area (Å²) in [5, 5.41) is 9.97. The second-order valence-electron chi connectivity index (χ2n) is 4.06. The van der Waals surface area contributed by atoms with Gasteiger partial charge in [-0.05, 0) is 41.9 Å². The highest BCUT2D eigenvalue weighted by molar-refractivity contribution is 9.10. The maximum Gasteiger partial charge on any atom is 0.0596 e. The molecule has 0 unspecified atom stereocenters. The van der Waals surface area contributed by atoms with Crippen molar-refractivity contribution in [3.05, 3.63) is 38.3 Å². The van der Waals surface area contributed by atoms with Crippen molar-refractivity contribution in [3.8, 4) is 0 Å². The van der Waals surface area contributed by atoms with Crippen molar-refractivity contribution in [2.24, 2.45) is 0 Å². The largest absolute Gasteiger partial charge is 0.310 e. The highest BCUT2D eigenvalue weighted by Gasteiger charge is 2.00. The van der Waals surface area contributed by atoms with Crippen molar-refractivity contribution in [1.29, 1.82) is 0 Å². The van der Waals surface area contributed by atoms with Crippen LogP contribution in [-0.4, -0.2) is 16.3 Å². The maximum atomic E-state index is 4.43. The lowest BCUT2D eigenvalue weighted by molar-refractivity contribution is 0.544. The van der Waals surface area contributed by atoms with Crippen molar-refractivity contribution in [2.45, 2.75) is 26.9 Å². The Morgan fingerprint density at radius 3 is 2.82 bits per heavy atom. The van der Waals surface area contributed by atoms with E-state index in [0.29, 0.717) is 0 Å². The molecule has 2 aromatic heterocycles. The summed E-state index contributed by atoms with van der Waals surface area (Å²) in [6.45, 7) is 6.91. The van der Waals surface area contributed by atoms with E-state index in [4.69, 9.17) is 0 Å². The van der Waals surface area contributed by atoms with Gasteiger partial charge in [0.15, 0.2) is 0 Å². The number of halogens is 1. The van der Waals surface area contributed by atoms with Gasteiger partial charge in [-0.1, -0.05) is 0 Å². The Hall–Kier alpha value is -0.650. The van der Waals surface area contributed by atoms with Crippen molar-refractivity contribution in [1.82, 2.24) is 15.1 Å². The predicted octanol–water partition coefficient (Wildman–Crippen LogP) is 3.11. The number of hydrogen-bond acceptors (Lipinski definition) is 3. The zero-order valence-electron chi connectivity index (χ0n) is 10.0. The Morgan fingerprint density at radius 1 is 1.41 bits per heavy atom. The Balaban J connectivity index is 1.75. The van der Waals surface area contributed by atoms with Gasteiger partial charge in [-0.25, -0.2) is 0 Å². The summed E-state index contributed by atoms with van der Waals surface area (Å²) in [5.74, 6) is 0. The molecular formula is C12H16BrN3S. The van der Waals surface area contributed by atoms with E-state index in [2.05, 4.69) is 50.8 Å². The summed E-state index contributed by atoms with van der Waals surface area (Å²) in [5.41, 5.74) is 2.31. The lowest BCUT2D eigenvalue weighted by Gasteiger charge is -2.05. The number of rotatable bonds is 5. The number of hydrogen-bond donors (Lipinski definition) is 1. The molecule has 3 nitrogen and oxygen atoms in total. The van der Waals surface area contributed by atoms with Crippen molar-refractivity contribution in [2.75, 3.05) is 6.54 Å². The van der Waals surface area contributed by atoms with Gasteiger partial charge < -0.3 is 5.32 Å². The first-order chi connectivity index (χ1) is 8.15. The molecule has 0 saturated heterocycles. The summed E-state index contributed by atoms with van der Waals surface area (Å²) in [6, 6.07) is 4.26. The van der Waals surface area contributed by atoms with Gasteiger partial charge in [0.05, 0.1) is 12.2 Å². The fourth-order valence-corrected chi connectivity index (χ4v) is 3.16. The van der Waals surface area contributed by atoms with Crippen LogP contribution in [0.3, 0.4) is 0 Å². The molecule has 92 valence electrons. The van der Waals surface area contributed by atoms with E-state index in [1.54, 1.807) is 11.3 Å². The highest BCUT2D eigenvalue weighted by atomic mass is 79.9. The lowest BCUT2D eigenvalue weighted by Crippen LogP contribution is -2.20. The summed E-state index contributed by atoms with van der Waals surface area (Å²) < 4.78 is 3.21. The molecule has 0 radical (unpaired) electrons. The van der Waals surface area contributed by atoms with Gasteiger partial charge in [0, 0.05) is 33.5 Å². The first kappa shape index (κ1) is 12.8. The minimum Gasteiger partial charge on any atom is -0.310 e. The minimum atomic E-state index is 0.923. The van der Waals surface area contributed by atoms with Crippen LogP contribution in [0.25, 0.3) is 0 Å². The van der Waals surface area contributed by atoms with Crippen LogP contribution >= 0.6 is 27.3 Å². The third-order valence-electron chi connectivity index (χ3n) is 2.52. The molecule has 0 bridgehead atoms. The van der Waals surface area contributed by atoms with Crippen molar-refractivity contribution >= 4 is 27.3 Å². The van der Waals surface area contributed by atoms with Gasteiger partial charge in [-0.3, -0.25) is 4.68 Å². The fourth-order valence-electron chi connectivity index (χ4n) is 1.74. The monoisotopic (exact) mass is 313 g/mol. The number of nitrogens with zero attached hydrogens (tertiary/aromatic N) is 2. The summed E-state index contributed by atoms with van der Waals surface area (Å²) in [7, 11) is 0. The zero-order valence-corrected chi connectivity index (χ0v) is 12.4. The number of thiophene rings is 1. The van der Waals surface area contributed by atoms with Crippen LogP contribution in [0.5, 0.6) is 0 Å². The van der Waals surface area contributed by atoms with E-state index in [1.165, 1.54) is 10.6 Å².